The number of halogens is 1. The zero-order valence-corrected chi connectivity index (χ0v) is 20.6. The molecule has 0 saturated carbocycles. The number of H-pyrrole nitrogens is 1. The molecule has 1 aromatic heterocycles. The van der Waals surface area contributed by atoms with Crippen molar-refractivity contribution < 1.29 is 56.3 Å². The van der Waals surface area contributed by atoms with Gasteiger partial charge in [0.2, 0.25) is 0 Å². The number of rotatable bonds is 9. The van der Waals surface area contributed by atoms with Crippen molar-refractivity contribution in [1.82, 2.24) is 14.5 Å². The summed E-state index contributed by atoms with van der Waals surface area (Å²) in [7, 11) is -16.9. The molecule has 0 spiro atoms. The van der Waals surface area contributed by atoms with Crippen molar-refractivity contribution >= 4 is 35.1 Å². The second kappa shape index (κ2) is 10.4. The average molecular weight is 570 g/mol. The van der Waals surface area contributed by atoms with Crippen LogP contribution in [0.5, 0.6) is 0 Å². The van der Waals surface area contributed by atoms with Crippen molar-refractivity contribution in [2.45, 2.75) is 37.2 Å². The molecule has 192 valence electrons. The van der Waals surface area contributed by atoms with Gasteiger partial charge in [-0.05, 0) is 13.8 Å². The van der Waals surface area contributed by atoms with Gasteiger partial charge in [0, 0.05) is 5.92 Å². The number of ether oxygens (including phenoxy) is 1. The summed E-state index contributed by atoms with van der Waals surface area (Å²) in [5, 5.41) is 9.94. The summed E-state index contributed by atoms with van der Waals surface area (Å²) in [6.07, 6.45) is -3.75. The molecule has 21 heteroatoms. The van der Waals surface area contributed by atoms with E-state index in [4.69, 9.17) is 30.6 Å². The number of alkyl halides is 1. The summed E-state index contributed by atoms with van der Waals surface area (Å²) in [5.74, 6) is 3.83. The Labute approximate surface area is 195 Å². The maximum atomic E-state index is 12.2. The molecule has 1 aliphatic rings. The summed E-state index contributed by atoms with van der Waals surface area (Å²) in [5.41, 5.74) is -1.98. The van der Waals surface area contributed by atoms with Gasteiger partial charge >= 0.3 is 34.8 Å². The number of nitrogens with zero attached hydrogens (tertiary/aromatic N) is 2. The summed E-state index contributed by atoms with van der Waals surface area (Å²) in [4.78, 5) is 63.2. The van der Waals surface area contributed by atoms with Crippen LogP contribution in [0.4, 0.5) is 0 Å². The van der Waals surface area contributed by atoms with E-state index in [1.165, 1.54) is 6.92 Å². The highest BCUT2D eigenvalue weighted by Gasteiger charge is 2.58. The molecule has 7 atom stereocenters. The fraction of sp³-hybridized carbons (Fsp3) is 0.615. The first-order valence-corrected chi connectivity index (χ1v) is 13.7. The molecule has 1 aliphatic heterocycles. The van der Waals surface area contributed by atoms with Crippen LogP contribution in [0.2, 0.25) is 0 Å². The maximum absolute atomic E-state index is 12.2. The van der Waals surface area contributed by atoms with E-state index < -0.39 is 70.7 Å². The van der Waals surface area contributed by atoms with Crippen molar-refractivity contribution in [1.29, 1.82) is 0 Å². The van der Waals surface area contributed by atoms with Gasteiger partial charge in [-0.1, -0.05) is 17.5 Å². The summed E-state index contributed by atoms with van der Waals surface area (Å²) in [6.45, 7) is 1.71. The minimum absolute atomic E-state index is 0.749. The molecule has 0 bridgehead atoms. The Bertz CT molecular complexity index is 1230. The lowest BCUT2D eigenvalue weighted by Crippen LogP contribution is -2.44. The Hall–Kier alpha value is -1.21. The van der Waals surface area contributed by atoms with Gasteiger partial charge in [0.25, 0.3) is 0 Å². The lowest BCUT2D eigenvalue weighted by molar-refractivity contribution is -0.0670. The number of aromatic amines is 1. The summed E-state index contributed by atoms with van der Waals surface area (Å²) >= 11 is 6.59. The topological polar surface area (TPSA) is 257 Å². The molecule has 0 amide bonds. The third-order valence-corrected chi connectivity index (χ3v) is 8.76. The molecular formula is C13H19ClN3O14P3. The zero-order chi connectivity index (χ0) is 26.1. The van der Waals surface area contributed by atoms with Crippen molar-refractivity contribution in [3.8, 4) is 11.8 Å². The van der Waals surface area contributed by atoms with Crippen LogP contribution in [0, 0.1) is 17.8 Å². The summed E-state index contributed by atoms with van der Waals surface area (Å²) in [6, 6.07) is 0. The molecule has 0 radical (unpaired) electrons. The second-order valence-electron chi connectivity index (χ2n) is 6.67. The van der Waals surface area contributed by atoms with Crippen LogP contribution in [-0.2, 0) is 31.6 Å². The van der Waals surface area contributed by atoms with E-state index in [0.29, 0.717) is 0 Å². The van der Waals surface area contributed by atoms with Crippen molar-refractivity contribution in [2.75, 3.05) is 6.61 Å². The van der Waals surface area contributed by atoms with Crippen molar-refractivity contribution in [3.63, 3.8) is 0 Å². The first-order chi connectivity index (χ1) is 15.4. The van der Waals surface area contributed by atoms with E-state index >= 15 is 0 Å². The van der Waals surface area contributed by atoms with Crippen LogP contribution < -0.4 is 11.4 Å². The van der Waals surface area contributed by atoms with Crippen molar-refractivity contribution in [2.24, 2.45) is 5.92 Å². The van der Waals surface area contributed by atoms with E-state index in [-0.39, 0.29) is 0 Å². The fourth-order valence-corrected chi connectivity index (χ4v) is 6.79. The highest BCUT2D eigenvalue weighted by Crippen LogP contribution is 2.67. The first-order valence-electron chi connectivity index (χ1n) is 8.83. The predicted octanol–water partition coefficient (Wildman–Crippen LogP) is -0.830. The number of aromatic nitrogens is 3. The number of aliphatic hydroxyl groups is 1. The quantitative estimate of drug-likeness (QED) is 0.120. The largest absolute Gasteiger partial charge is 0.490 e. The van der Waals surface area contributed by atoms with E-state index in [2.05, 4.69) is 25.4 Å². The lowest BCUT2D eigenvalue weighted by atomic mass is 9.87. The molecule has 1 aromatic rings. The molecule has 34 heavy (non-hydrogen) atoms. The highest BCUT2D eigenvalue weighted by atomic mass is 35.5. The molecule has 1 saturated heterocycles. The van der Waals surface area contributed by atoms with E-state index in [1.54, 1.807) is 0 Å². The molecule has 0 aliphatic carbocycles. The van der Waals surface area contributed by atoms with Crippen LogP contribution in [0.25, 0.3) is 0 Å². The van der Waals surface area contributed by atoms with Gasteiger partial charge in [0.05, 0.1) is 18.8 Å². The molecule has 1 fully saturated rings. The molecule has 4 unspecified atom stereocenters. The van der Waals surface area contributed by atoms with E-state index in [0.717, 1.165) is 17.8 Å². The highest BCUT2D eigenvalue weighted by molar-refractivity contribution is 7.66. The Balaban J connectivity index is 2.38. The number of aliphatic hydroxyl groups excluding tert-OH is 1. The number of nitrogens with one attached hydrogen (secondary N) is 1. The van der Waals surface area contributed by atoms with Gasteiger partial charge in [-0.3, -0.25) is 14.1 Å². The molecule has 2 heterocycles. The Morgan fingerprint density at radius 2 is 1.88 bits per heavy atom. The van der Waals surface area contributed by atoms with Crippen LogP contribution in [0.1, 0.15) is 20.1 Å². The molecule has 6 N–H and O–H groups in total. The normalized spacial score (nSPS) is 29.5. The van der Waals surface area contributed by atoms with Crippen molar-refractivity contribution in [3.05, 3.63) is 27.3 Å². The smallest absolute Gasteiger partial charge is 0.396 e. The standard InChI is InChI=1S/C13H19ClN3O14P3/c1-3-4-13(14)8(5-18)9(28-10(13)17-6-15-11(19)16-12(17)20)7(2)29-33(24,25)31-34(26,27)30-32(21,22)23/h6-10,18H,5H2,1-2H3,(H,24,25)(H,26,27)(H,16,19,20)(H2,21,22,23)/t7-,8?,9-,10-,13?/m1/s1. The minimum atomic E-state index is -5.78. The Morgan fingerprint density at radius 3 is 2.38 bits per heavy atom. The van der Waals surface area contributed by atoms with Gasteiger partial charge in [0.15, 0.2) is 11.1 Å². The summed E-state index contributed by atoms with van der Waals surface area (Å²) < 4.78 is 52.9. The maximum Gasteiger partial charge on any atom is 0.490 e. The minimum Gasteiger partial charge on any atom is -0.396 e. The van der Waals surface area contributed by atoms with E-state index in [1.807, 2.05) is 4.98 Å². The predicted molar refractivity (Wildman–Crippen MR) is 110 cm³/mol. The monoisotopic (exact) mass is 569 g/mol. The Morgan fingerprint density at radius 1 is 1.26 bits per heavy atom. The average Bonchev–Trinajstić information content (AvgIpc) is 2.90. The van der Waals surface area contributed by atoms with Gasteiger partial charge in [-0.15, -0.1) is 5.92 Å². The SMILES string of the molecule is CC#CC1(Cl)C(CO)[C@@H]([C@@H](C)OP(=O)(O)OP(=O)(O)OP(=O)(O)O)O[C@H]1n1cnc(=O)[nH]c1=O. The number of hydrogen-bond donors (Lipinski definition) is 6. The fourth-order valence-electron chi connectivity index (χ4n) is 3.14. The Kier molecular flexibility index (Phi) is 8.89. The number of phosphoric ester groups is 1. The van der Waals surface area contributed by atoms with Gasteiger partial charge in [-0.2, -0.15) is 13.6 Å². The second-order valence-corrected chi connectivity index (χ2v) is 11.7. The molecular weight excluding hydrogens is 551 g/mol. The number of hydrogen-bond acceptors (Lipinski definition) is 11. The lowest BCUT2D eigenvalue weighted by Gasteiger charge is -2.28. The van der Waals surface area contributed by atoms with Gasteiger partial charge in [-0.25, -0.2) is 23.3 Å². The molecule has 2 rings (SSSR count). The van der Waals surface area contributed by atoms with Crippen LogP contribution in [0.3, 0.4) is 0 Å². The van der Waals surface area contributed by atoms with Gasteiger partial charge < -0.3 is 29.4 Å². The van der Waals surface area contributed by atoms with Crippen LogP contribution >= 0.6 is 35.1 Å². The third-order valence-electron chi connectivity index (χ3n) is 4.27. The van der Waals surface area contributed by atoms with Crippen LogP contribution in [-0.4, -0.2) is 62.9 Å². The zero-order valence-electron chi connectivity index (χ0n) is 17.1. The number of phosphoric acid groups is 3. The third kappa shape index (κ3) is 6.93. The van der Waals surface area contributed by atoms with Crippen LogP contribution in [0.15, 0.2) is 15.9 Å². The molecule has 17 nitrogen and oxygen atoms in total. The van der Waals surface area contributed by atoms with Gasteiger partial charge in [0.1, 0.15) is 6.33 Å². The first kappa shape index (κ1) is 29.0. The molecule has 0 aromatic carbocycles. The van der Waals surface area contributed by atoms with E-state index in [9.17, 15) is 38.2 Å².